The standard InChI is InChI=1S/C16H36N.HI/c1-5-7-9-11-13-15-17(3,4)16-14-12-10-8-6-2;/h5-16H2,1-4H3;1H/q+1;/p-1. The fourth-order valence-electron chi connectivity index (χ4n) is 2.40. The van der Waals surface area contributed by atoms with Gasteiger partial charge in [-0.3, -0.25) is 0 Å². The molecule has 2 heteroatoms. The van der Waals surface area contributed by atoms with Crippen LogP contribution in [0, 0.1) is 0 Å². The van der Waals surface area contributed by atoms with Gasteiger partial charge in [-0.25, -0.2) is 0 Å². The van der Waals surface area contributed by atoms with Gasteiger partial charge in [0, 0.05) is 0 Å². The third kappa shape index (κ3) is 14.7. The zero-order valence-electron chi connectivity index (χ0n) is 13.3. The van der Waals surface area contributed by atoms with Crippen LogP contribution in [0.25, 0.3) is 0 Å². The molecule has 0 aromatic carbocycles. The van der Waals surface area contributed by atoms with Crippen LogP contribution >= 0.6 is 0 Å². The molecule has 0 amide bonds. The van der Waals surface area contributed by atoms with Crippen molar-refractivity contribution in [1.82, 2.24) is 0 Å². The molecule has 0 saturated heterocycles. The van der Waals surface area contributed by atoms with Crippen LogP contribution in [-0.4, -0.2) is 31.7 Å². The summed E-state index contributed by atoms with van der Waals surface area (Å²) >= 11 is 0. The highest BCUT2D eigenvalue weighted by atomic mass is 127. The van der Waals surface area contributed by atoms with Crippen LogP contribution in [-0.2, 0) is 0 Å². The minimum atomic E-state index is 0. The molecule has 0 fully saturated rings. The summed E-state index contributed by atoms with van der Waals surface area (Å²) in [4.78, 5) is 0. The Morgan fingerprint density at radius 1 is 0.556 bits per heavy atom. The predicted octanol–water partition coefficient (Wildman–Crippen LogP) is 2.01. The molecule has 0 atom stereocenters. The van der Waals surface area contributed by atoms with Crippen LogP contribution in [0.5, 0.6) is 0 Å². The minimum Gasteiger partial charge on any atom is -1.00 e. The average Bonchev–Trinajstić information content (AvgIpc) is 2.28. The van der Waals surface area contributed by atoms with Crippen molar-refractivity contribution in [2.75, 3.05) is 27.2 Å². The third-order valence-electron chi connectivity index (χ3n) is 3.73. The third-order valence-corrected chi connectivity index (χ3v) is 3.73. The molecule has 1 nitrogen and oxygen atoms in total. The van der Waals surface area contributed by atoms with Crippen LogP contribution < -0.4 is 24.0 Å². The van der Waals surface area contributed by atoms with E-state index in [0.717, 1.165) is 0 Å². The van der Waals surface area contributed by atoms with Gasteiger partial charge in [0.1, 0.15) is 0 Å². The number of nitrogens with zero attached hydrogens (tertiary/aromatic N) is 1. The molecule has 0 unspecified atom stereocenters. The average molecular weight is 369 g/mol. The Hall–Kier alpha value is 0.690. The normalized spacial score (nSPS) is 11.3. The number of quaternary nitrogens is 1. The van der Waals surface area contributed by atoms with Crippen LogP contribution in [0.4, 0.5) is 0 Å². The Morgan fingerprint density at radius 2 is 0.889 bits per heavy atom. The van der Waals surface area contributed by atoms with E-state index in [2.05, 4.69) is 27.9 Å². The molecule has 18 heavy (non-hydrogen) atoms. The summed E-state index contributed by atoms with van der Waals surface area (Å²) in [6, 6.07) is 0. The first kappa shape index (κ1) is 21.0. The quantitative estimate of drug-likeness (QED) is 0.281. The number of hydrogen-bond donors (Lipinski definition) is 0. The summed E-state index contributed by atoms with van der Waals surface area (Å²) in [6.45, 7) is 7.32. The zero-order valence-corrected chi connectivity index (χ0v) is 15.5. The van der Waals surface area contributed by atoms with Gasteiger partial charge in [-0.2, -0.15) is 0 Å². The topological polar surface area (TPSA) is 0 Å². The molecule has 0 saturated carbocycles. The summed E-state index contributed by atoms with van der Waals surface area (Å²) < 4.78 is 1.23. The van der Waals surface area contributed by atoms with Crippen molar-refractivity contribution in [3.63, 3.8) is 0 Å². The van der Waals surface area contributed by atoms with Crippen LogP contribution in [0.2, 0.25) is 0 Å². The highest BCUT2D eigenvalue weighted by molar-refractivity contribution is 4.45. The molecular weight excluding hydrogens is 333 g/mol. The summed E-state index contributed by atoms with van der Waals surface area (Å²) in [7, 11) is 4.80. The van der Waals surface area contributed by atoms with Crippen molar-refractivity contribution in [3.8, 4) is 0 Å². The summed E-state index contributed by atoms with van der Waals surface area (Å²) in [5.74, 6) is 0. The van der Waals surface area contributed by atoms with E-state index in [9.17, 15) is 0 Å². The first-order valence-corrected chi connectivity index (χ1v) is 7.94. The molecule has 0 bridgehead atoms. The van der Waals surface area contributed by atoms with E-state index in [1.807, 2.05) is 0 Å². The smallest absolute Gasteiger partial charge is 0.0782 e. The van der Waals surface area contributed by atoms with Gasteiger partial charge >= 0.3 is 0 Å². The molecule has 112 valence electrons. The fourth-order valence-corrected chi connectivity index (χ4v) is 2.40. The monoisotopic (exact) mass is 369 g/mol. The maximum Gasteiger partial charge on any atom is 0.0782 e. The lowest BCUT2D eigenvalue weighted by molar-refractivity contribution is -0.890. The number of unbranched alkanes of at least 4 members (excludes halogenated alkanes) is 8. The highest BCUT2D eigenvalue weighted by Gasteiger charge is 2.13. The molecule has 0 aromatic rings. The van der Waals surface area contributed by atoms with Crippen molar-refractivity contribution in [3.05, 3.63) is 0 Å². The molecular formula is C16H36IN. The molecule has 0 spiro atoms. The van der Waals surface area contributed by atoms with Gasteiger partial charge in [-0.1, -0.05) is 52.4 Å². The van der Waals surface area contributed by atoms with Gasteiger partial charge in [0.15, 0.2) is 0 Å². The molecule has 0 aromatic heterocycles. The van der Waals surface area contributed by atoms with E-state index >= 15 is 0 Å². The zero-order chi connectivity index (χ0) is 13.0. The second-order valence-electron chi connectivity index (χ2n) is 6.21. The highest BCUT2D eigenvalue weighted by Crippen LogP contribution is 2.10. The van der Waals surface area contributed by atoms with Gasteiger partial charge < -0.3 is 28.5 Å². The molecule has 0 N–H and O–H groups in total. The lowest BCUT2D eigenvalue weighted by atomic mass is 10.1. The largest absolute Gasteiger partial charge is 1.00 e. The maximum atomic E-state index is 2.40. The SMILES string of the molecule is CCCCCCC[N+](C)(C)CCCCCCC.[I-]. The Morgan fingerprint density at radius 3 is 1.22 bits per heavy atom. The van der Waals surface area contributed by atoms with Crippen LogP contribution in [0.1, 0.15) is 78.1 Å². The number of hydrogen-bond acceptors (Lipinski definition) is 0. The maximum absolute atomic E-state index is 2.40. The van der Waals surface area contributed by atoms with E-state index in [-0.39, 0.29) is 24.0 Å². The molecule has 0 radical (unpaired) electrons. The first-order chi connectivity index (χ1) is 8.12. The van der Waals surface area contributed by atoms with E-state index in [0.29, 0.717) is 0 Å². The van der Waals surface area contributed by atoms with E-state index in [1.165, 1.54) is 81.8 Å². The summed E-state index contributed by atoms with van der Waals surface area (Å²) in [5, 5.41) is 0. The van der Waals surface area contributed by atoms with E-state index in [1.54, 1.807) is 0 Å². The summed E-state index contributed by atoms with van der Waals surface area (Å²) in [5.41, 5.74) is 0. The Bertz CT molecular complexity index is 141. The van der Waals surface area contributed by atoms with Crippen LogP contribution in [0.15, 0.2) is 0 Å². The Labute approximate surface area is 133 Å². The number of rotatable bonds is 12. The van der Waals surface area contributed by atoms with E-state index in [4.69, 9.17) is 0 Å². The number of halogens is 1. The molecule has 0 aliphatic heterocycles. The summed E-state index contributed by atoms with van der Waals surface area (Å²) in [6.07, 6.45) is 14.1. The lowest BCUT2D eigenvalue weighted by Gasteiger charge is -2.30. The molecule has 0 aliphatic rings. The Balaban J connectivity index is 0. The van der Waals surface area contributed by atoms with Crippen molar-refractivity contribution in [1.29, 1.82) is 0 Å². The van der Waals surface area contributed by atoms with Crippen molar-refractivity contribution >= 4 is 0 Å². The first-order valence-electron chi connectivity index (χ1n) is 7.94. The molecule has 0 aliphatic carbocycles. The van der Waals surface area contributed by atoms with Crippen molar-refractivity contribution in [2.45, 2.75) is 78.1 Å². The fraction of sp³-hybridized carbons (Fsp3) is 1.00. The van der Waals surface area contributed by atoms with Gasteiger partial charge in [0.05, 0.1) is 27.2 Å². The van der Waals surface area contributed by atoms with Gasteiger partial charge in [0.25, 0.3) is 0 Å². The molecule has 0 heterocycles. The second kappa shape index (κ2) is 14.1. The van der Waals surface area contributed by atoms with Gasteiger partial charge in [-0.05, 0) is 25.7 Å². The van der Waals surface area contributed by atoms with Crippen molar-refractivity contribution < 1.29 is 28.5 Å². The second-order valence-corrected chi connectivity index (χ2v) is 6.21. The van der Waals surface area contributed by atoms with Gasteiger partial charge in [0.2, 0.25) is 0 Å². The molecule has 0 rings (SSSR count). The Kier molecular flexibility index (Phi) is 16.5. The minimum absolute atomic E-state index is 0. The van der Waals surface area contributed by atoms with Crippen molar-refractivity contribution in [2.24, 2.45) is 0 Å². The van der Waals surface area contributed by atoms with Gasteiger partial charge in [-0.15, -0.1) is 0 Å². The predicted molar refractivity (Wildman–Crippen MR) is 79.4 cm³/mol. The van der Waals surface area contributed by atoms with E-state index < -0.39 is 0 Å². The van der Waals surface area contributed by atoms with Crippen LogP contribution in [0.3, 0.4) is 0 Å². The lowest BCUT2D eigenvalue weighted by Crippen LogP contribution is -3.00.